The van der Waals surface area contributed by atoms with Crippen molar-refractivity contribution in [3.63, 3.8) is 0 Å². The van der Waals surface area contributed by atoms with Crippen LogP contribution in [0.25, 0.3) is 0 Å². The zero-order valence-corrected chi connectivity index (χ0v) is 14.8. The number of non-ortho nitro benzene ring substituents is 2. The Morgan fingerprint density at radius 3 is 2.16 bits per heavy atom. The molecule has 0 bridgehead atoms. The molecule has 0 N–H and O–H groups in total. The molecular formula is C12H15N3O8S2. The van der Waals surface area contributed by atoms with Gasteiger partial charge in [-0.2, -0.15) is 21.9 Å². The van der Waals surface area contributed by atoms with Crippen LogP contribution in [0.3, 0.4) is 0 Å². The second kappa shape index (κ2) is 7.76. The Morgan fingerprint density at radius 1 is 1.20 bits per heavy atom. The molecule has 1 heterocycles. The van der Waals surface area contributed by atoms with Gasteiger partial charge in [-0.1, -0.05) is 0 Å². The second-order valence-electron chi connectivity index (χ2n) is 5.21. The van der Waals surface area contributed by atoms with Gasteiger partial charge in [-0.3, -0.25) is 29.2 Å². The third-order valence-corrected chi connectivity index (χ3v) is 3.94. The lowest BCUT2D eigenvalue weighted by Crippen LogP contribution is -2.30. The molecule has 0 radical (unpaired) electrons. The zero-order chi connectivity index (χ0) is 18.1. The van der Waals surface area contributed by atoms with Crippen LogP contribution >= 0.6 is 13.5 Å². The van der Waals surface area contributed by atoms with Gasteiger partial charge in [-0.25, -0.2) is 0 Å². The Labute approximate surface area is 149 Å². The fourth-order valence-corrected chi connectivity index (χ4v) is 3.00. The third-order valence-electron chi connectivity index (χ3n) is 3.31. The van der Waals surface area contributed by atoms with Crippen molar-refractivity contribution in [1.29, 1.82) is 0 Å². The van der Waals surface area contributed by atoms with Crippen LogP contribution in [0.15, 0.2) is 18.2 Å². The van der Waals surface area contributed by atoms with Gasteiger partial charge in [-0.15, -0.1) is 0 Å². The molecule has 1 aromatic carbocycles. The molecule has 25 heavy (non-hydrogen) atoms. The van der Waals surface area contributed by atoms with Crippen molar-refractivity contribution in [3.8, 4) is 0 Å². The van der Waals surface area contributed by atoms with Crippen LogP contribution in [0.5, 0.6) is 0 Å². The van der Waals surface area contributed by atoms with Crippen molar-refractivity contribution in [1.82, 2.24) is 4.90 Å². The normalized spacial score (nSPS) is 17.0. The Morgan fingerprint density at radius 2 is 1.72 bits per heavy atom. The van der Waals surface area contributed by atoms with Gasteiger partial charge < -0.3 is 4.90 Å². The molecule has 0 aliphatic carbocycles. The lowest BCUT2D eigenvalue weighted by Gasteiger charge is -2.16. The molecule has 0 aromatic heterocycles. The summed E-state index contributed by atoms with van der Waals surface area (Å²) in [4.78, 5) is 33.7. The van der Waals surface area contributed by atoms with Crippen LogP contribution in [0.2, 0.25) is 0 Å². The summed E-state index contributed by atoms with van der Waals surface area (Å²) in [5.74, 6) is -0.665. The fraction of sp³-hybridized carbons (Fsp3) is 0.417. The number of likely N-dealkylation sites (tertiary alicyclic amines) is 1. The number of nitrogens with zero attached hydrogens (tertiary/aromatic N) is 3. The van der Waals surface area contributed by atoms with E-state index in [4.69, 9.17) is 4.18 Å². The summed E-state index contributed by atoms with van der Waals surface area (Å²) < 4.78 is 27.0. The molecular weight excluding hydrogens is 378 g/mol. The number of benzene rings is 1. The maximum Gasteiger partial charge on any atom is 0.277 e. The largest absolute Gasteiger partial charge is 0.336 e. The lowest BCUT2D eigenvalue weighted by atomic mass is 10.1. The first-order chi connectivity index (χ1) is 11.1. The minimum absolute atomic E-state index is 0. The third kappa shape index (κ3) is 5.37. The first kappa shape index (κ1) is 20.8. The zero-order valence-electron chi connectivity index (χ0n) is 12.9. The van der Waals surface area contributed by atoms with Crippen molar-refractivity contribution < 1.29 is 27.2 Å². The summed E-state index contributed by atoms with van der Waals surface area (Å²) in [7, 11) is -3.67. The highest BCUT2D eigenvalue weighted by Gasteiger charge is 2.31. The molecule has 1 aromatic rings. The topological polar surface area (TPSA) is 150 Å². The molecule has 1 fully saturated rings. The van der Waals surface area contributed by atoms with E-state index in [0.29, 0.717) is 0 Å². The van der Waals surface area contributed by atoms with E-state index in [1.165, 1.54) is 4.90 Å². The maximum absolute atomic E-state index is 12.4. The number of carbonyl (C=O) groups is 1. The highest BCUT2D eigenvalue weighted by molar-refractivity contribution is 7.86. The van der Waals surface area contributed by atoms with Crippen molar-refractivity contribution in [3.05, 3.63) is 44.0 Å². The average molecular weight is 393 g/mol. The smallest absolute Gasteiger partial charge is 0.277 e. The fourth-order valence-electron chi connectivity index (χ4n) is 2.35. The van der Waals surface area contributed by atoms with Gasteiger partial charge in [0.15, 0.2) is 0 Å². The van der Waals surface area contributed by atoms with Crippen LogP contribution in [0, 0.1) is 20.2 Å². The maximum atomic E-state index is 12.4. The quantitative estimate of drug-likeness (QED) is 0.405. The summed E-state index contributed by atoms with van der Waals surface area (Å²) in [6.45, 7) is 0.151. The van der Waals surface area contributed by atoms with Crippen LogP contribution < -0.4 is 0 Å². The van der Waals surface area contributed by atoms with Gasteiger partial charge in [0.05, 0.1) is 33.8 Å². The van der Waals surface area contributed by atoms with Crippen molar-refractivity contribution in [2.75, 3.05) is 19.3 Å². The predicted molar refractivity (Wildman–Crippen MR) is 90.4 cm³/mol. The Kier molecular flexibility index (Phi) is 6.45. The molecule has 0 saturated carbocycles. The highest BCUT2D eigenvalue weighted by atomic mass is 32.2. The number of nitro groups is 2. The molecule has 0 spiro atoms. The van der Waals surface area contributed by atoms with E-state index < -0.39 is 43.4 Å². The lowest BCUT2D eigenvalue weighted by molar-refractivity contribution is -0.394. The number of rotatable bonds is 5. The molecule has 0 unspecified atom stereocenters. The summed E-state index contributed by atoms with van der Waals surface area (Å²) >= 11 is 0. The molecule has 1 aliphatic rings. The number of hydrogen-bond acceptors (Lipinski definition) is 8. The van der Waals surface area contributed by atoms with Gasteiger partial charge in [0, 0.05) is 25.2 Å². The van der Waals surface area contributed by atoms with E-state index in [0.717, 1.165) is 24.5 Å². The van der Waals surface area contributed by atoms with Crippen molar-refractivity contribution >= 4 is 40.9 Å². The van der Waals surface area contributed by atoms with Gasteiger partial charge in [0.2, 0.25) is 0 Å². The molecule has 11 nitrogen and oxygen atoms in total. The Bertz CT molecular complexity index is 778. The molecule has 1 aliphatic heterocycles. The Balaban J connectivity index is 0.00000312. The highest BCUT2D eigenvalue weighted by Crippen LogP contribution is 2.25. The summed E-state index contributed by atoms with van der Waals surface area (Å²) in [5.41, 5.74) is -1.36. The molecule has 1 saturated heterocycles. The van der Waals surface area contributed by atoms with Gasteiger partial charge in [-0.05, 0) is 6.42 Å². The van der Waals surface area contributed by atoms with Gasteiger partial charge in [0.25, 0.3) is 27.4 Å². The van der Waals surface area contributed by atoms with Crippen LogP contribution in [0.1, 0.15) is 16.8 Å². The first-order valence-corrected chi connectivity index (χ1v) is 8.50. The van der Waals surface area contributed by atoms with E-state index in [1.807, 2.05) is 0 Å². The summed E-state index contributed by atoms with van der Waals surface area (Å²) in [6, 6.07) is 2.65. The molecule has 13 heteroatoms. The van der Waals surface area contributed by atoms with Crippen LogP contribution in [-0.2, 0) is 14.3 Å². The Hall–Kier alpha value is -2.25. The minimum atomic E-state index is -3.67. The molecule has 2 rings (SSSR count). The summed E-state index contributed by atoms with van der Waals surface area (Å²) in [5, 5.41) is 21.7. The molecule has 1 atom stereocenters. The monoisotopic (exact) mass is 393 g/mol. The van der Waals surface area contributed by atoms with Crippen molar-refractivity contribution in [2.24, 2.45) is 0 Å². The minimum Gasteiger partial charge on any atom is -0.336 e. The van der Waals surface area contributed by atoms with E-state index in [-0.39, 0.29) is 38.6 Å². The number of hydrogen-bond donors (Lipinski definition) is 0. The van der Waals surface area contributed by atoms with Crippen LogP contribution in [0.4, 0.5) is 11.4 Å². The van der Waals surface area contributed by atoms with Gasteiger partial charge in [0.1, 0.15) is 0 Å². The standard InChI is InChI=1S/C12H13N3O8S.H2S/c1-24(21,22)23-11-2-3-13(7-11)12(16)8-4-9(14(17)18)6-10(5-8)15(19)20;/h4-6,11H,2-3,7H2,1H3;1H2/t11-;/m0./s1. The van der Waals surface area contributed by atoms with E-state index in [9.17, 15) is 33.4 Å². The average Bonchev–Trinajstić information content (AvgIpc) is 2.92. The predicted octanol–water partition coefficient (Wildman–Crippen LogP) is 0.806. The number of amides is 1. The van der Waals surface area contributed by atoms with E-state index in [2.05, 4.69) is 0 Å². The van der Waals surface area contributed by atoms with Crippen LogP contribution in [-0.4, -0.2) is 54.5 Å². The SMILES string of the molecule is CS(=O)(=O)O[C@H]1CCN(C(=O)c2cc([N+](=O)[O-])cc([N+](=O)[O-])c2)C1.S. The second-order valence-corrected chi connectivity index (χ2v) is 6.82. The van der Waals surface area contributed by atoms with E-state index >= 15 is 0 Å². The molecule has 1 amide bonds. The first-order valence-electron chi connectivity index (χ1n) is 6.68. The molecule has 138 valence electrons. The summed E-state index contributed by atoms with van der Waals surface area (Å²) in [6.07, 6.45) is 0.453. The number of nitro benzene ring substituents is 2. The van der Waals surface area contributed by atoms with Crippen molar-refractivity contribution in [2.45, 2.75) is 12.5 Å². The van der Waals surface area contributed by atoms with E-state index in [1.54, 1.807) is 0 Å². The van der Waals surface area contributed by atoms with Gasteiger partial charge >= 0.3 is 0 Å². The number of carbonyl (C=O) groups excluding carboxylic acids is 1.